The Hall–Kier alpha value is -2.36. The zero-order chi connectivity index (χ0) is 15.1. The van der Waals surface area contributed by atoms with E-state index in [9.17, 15) is 9.18 Å². The Morgan fingerprint density at radius 2 is 1.52 bits per heavy atom. The first-order chi connectivity index (χ1) is 10.2. The van der Waals surface area contributed by atoms with Crippen LogP contribution in [0.2, 0.25) is 0 Å². The molecule has 0 aromatic heterocycles. The number of carbonyl (C=O) groups excluding carboxylic acids is 1. The topological polar surface area (TPSA) is 35.5 Å². The van der Waals surface area contributed by atoms with Crippen molar-refractivity contribution in [3.8, 4) is 11.5 Å². The maximum absolute atomic E-state index is 12.8. The molecule has 0 N–H and O–H groups in total. The first kappa shape index (κ1) is 15.0. The lowest BCUT2D eigenvalue weighted by Crippen LogP contribution is -2.13. The molecule has 2 rings (SSSR count). The Kier molecular flexibility index (Phi) is 5.32. The van der Waals surface area contributed by atoms with Gasteiger partial charge in [0.15, 0.2) is 5.78 Å². The third kappa shape index (κ3) is 4.91. The quantitative estimate of drug-likeness (QED) is 0.783. The van der Waals surface area contributed by atoms with Crippen LogP contribution in [0.5, 0.6) is 11.5 Å². The zero-order valence-corrected chi connectivity index (χ0v) is 11.8. The smallest absolute Gasteiger partial charge is 0.174 e. The van der Waals surface area contributed by atoms with Gasteiger partial charge >= 0.3 is 0 Å². The van der Waals surface area contributed by atoms with Gasteiger partial charge in [-0.25, -0.2) is 4.39 Å². The van der Waals surface area contributed by atoms with E-state index in [2.05, 4.69) is 0 Å². The Morgan fingerprint density at radius 3 is 2.10 bits per heavy atom. The standard InChI is InChI=1S/C17H17FO3/c1-2-20-16-7-9-17(10-8-16)21-12-15(19)11-13-3-5-14(18)6-4-13/h3-10H,2,11-12H2,1H3. The molecule has 0 aliphatic carbocycles. The molecule has 0 spiro atoms. The molecular formula is C17H17FO3. The predicted octanol–water partition coefficient (Wildman–Crippen LogP) is 3.42. The largest absolute Gasteiger partial charge is 0.494 e. The molecule has 2 aromatic rings. The van der Waals surface area contributed by atoms with Gasteiger partial charge in [0.1, 0.15) is 23.9 Å². The average molecular weight is 288 g/mol. The molecular weight excluding hydrogens is 271 g/mol. The number of Topliss-reactive ketones (excluding diaryl/α,β-unsaturated/α-hetero) is 1. The molecule has 0 heterocycles. The van der Waals surface area contributed by atoms with Gasteiger partial charge in [0, 0.05) is 6.42 Å². The number of ketones is 1. The Bertz CT molecular complexity index is 576. The zero-order valence-electron chi connectivity index (χ0n) is 11.8. The lowest BCUT2D eigenvalue weighted by molar-refractivity contribution is -0.120. The molecule has 0 atom stereocenters. The van der Waals surface area contributed by atoms with E-state index < -0.39 is 0 Å². The second kappa shape index (κ2) is 7.43. The number of ether oxygens (including phenoxy) is 2. The number of benzene rings is 2. The van der Waals surface area contributed by atoms with Gasteiger partial charge in [0.25, 0.3) is 0 Å². The highest BCUT2D eigenvalue weighted by atomic mass is 19.1. The van der Waals surface area contributed by atoms with Gasteiger partial charge < -0.3 is 9.47 Å². The van der Waals surface area contributed by atoms with E-state index in [-0.39, 0.29) is 24.6 Å². The van der Waals surface area contributed by atoms with Crippen LogP contribution in [0.4, 0.5) is 4.39 Å². The maximum atomic E-state index is 12.8. The average Bonchev–Trinajstić information content (AvgIpc) is 2.49. The second-order valence-corrected chi connectivity index (χ2v) is 4.54. The molecule has 0 aliphatic heterocycles. The maximum Gasteiger partial charge on any atom is 0.174 e. The Morgan fingerprint density at radius 1 is 0.952 bits per heavy atom. The minimum Gasteiger partial charge on any atom is -0.494 e. The van der Waals surface area contributed by atoms with Gasteiger partial charge in [0.2, 0.25) is 0 Å². The number of hydrogen-bond donors (Lipinski definition) is 0. The molecule has 3 nitrogen and oxygen atoms in total. The van der Waals surface area contributed by atoms with Gasteiger partial charge in [0.05, 0.1) is 6.61 Å². The summed E-state index contributed by atoms with van der Waals surface area (Å²) in [7, 11) is 0. The summed E-state index contributed by atoms with van der Waals surface area (Å²) in [5.41, 5.74) is 0.775. The molecule has 0 radical (unpaired) electrons. The Balaban J connectivity index is 1.81. The summed E-state index contributed by atoms with van der Waals surface area (Å²) in [5, 5.41) is 0. The SMILES string of the molecule is CCOc1ccc(OCC(=O)Cc2ccc(F)cc2)cc1. The molecule has 0 bridgehead atoms. The molecule has 21 heavy (non-hydrogen) atoms. The van der Waals surface area contributed by atoms with Crippen molar-refractivity contribution in [3.63, 3.8) is 0 Å². The summed E-state index contributed by atoms with van der Waals surface area (Å²) in [5.74, 6) is 1.01. The third-order valence-electron chi connectivity index (χ3n) is 2.85. The van der Waals surface area contributed by atoms with Crippen LogP contribution in [0.3, 0.4) is 0 Å². The number of halogens is 1. The molecule has 0 saturated carbocycles. The normalized spacial score (nSPS) is 10.2. The van der Waals surface area contributed by atoms with E-state index >= 15 is 0 Å². The Labute approximate surface area is 123 Å². The van der Waals surface area contributed by atoms with Crippen LogP contribution in [0.1, 0.15) is 12.5 Å². The van der Waals surface area contributed by atoms with E-state index in [4.69, 9.17) is 9.47 Å². The second-order valence-electron chi connectivity index (χ2n) is 4.54. The van der Waals surface area contributed by atoms with E-state index in [1.54, 1.807) is 36.4 Å². The van der Waals surface area contributed by atoms with Gasteiger partial charge in [-0.15, -0.1) is 0 Å². The van der Waals surface area contributed by atoms with Gasteiger partial charge in [-0.3, -0.25) is 4.79 Å². The van der Waals surface area contributed by atoms with Crippen molar-refractivity contribution < 1.29 is 18.7 Å². The number of carbonyl (C=O) groups is 1. The summed E-state index contributed by atoms with van der Waals surface area (Å²) in [6, 6.07) is 13.0. The minimum atomic E-state index is -0.308. The summed E-state index contributed by atoms with van der Waals surface area (Å²) >= 11 is 0. The van der Waals surface area contributed by atoms with Crippen molar-refractivity contribution in [1.29, 1.82) is 0 Å². The summed E-state index contributed by atoms with van der Waals surface area (Å²) in [6.45, 7) is 2.51. The molecule has 0 unspecified atom stereocenters. The molecule has 0 amide bonds. The van der Waals surface area contributed by atoms with Crippen LogP contribution >= 0.6 is 0 Å². The molecule has 0 aliphatic rings. The monoisotopic (exact) mass is 288 g/mol. The van der Waals surface area contributed by atoms with Gasteiger partial charge in [-0.2, -0.15) is 0 Å². The third-order valence-corrected chi connectivity index (χ3v) is 2.85. The van der Waals surface area contributed by atoms with Crippen molar-refractivity contribution in [3.05, 3.63) is 59.9 Å². The fourth-order valence-electron chi connectivity index (χ4n) is 1.84. The highest BCUT2D eigenvalue weighted by molar-refractivity contribution is 5.82. The van der Waals surface area contributed by atoms with Crippen LogP contribution < -0.4 is 9.47 Å². The summed E-state index contributed by atoms with van der Waals surface area (Å²) < 4.78 is 23.5. The molecule has 2 aromatic carbocycles. The van der Waals surface area contributed by atoms with E-state index in [0.29, 0.717) is 12.4 Å². The molecule has 0 saturated heterocycles. The number of hydrogen-bond acceptors (Lipinski definition) is 3. The molecule has 0 fully saturated rings. The highest BCUT2D eigenvalue weighted by Gasteiger charge is 2.05. The number of rotatable bonds is 7. The van der Waals surface area contributed by atoms with E-state index in [1.807, 2.05) is 6.92 Å². The van der Waals surface area contributed by atoms with Gasteiger partial charge in [-0.05, 0) is 48.9 Å². The van der Waals surface area contributed by atoms with Crippen molar-refractivity contribution in [2.24, 2.45) is 0 Å². The summed E-state index contributed by atoms with van der Waals surface area (Å²) in [4.78, 5) is 11.8. The highest BCUT2D eigenvalue weighted by Crippen LogP contribution is 2.17. The molecule has 4 heteroatoms. The first-order valence-corrected chi connectivity index (χ1v) is 6.79. The van der Waals surface area contributed by atoms with Crippen molar-refractivity contribution >= 4 is 5.78 Å². The molecule has 110 valence electrons. The van der Waals surface area contributed by atoms with Crippen molar-refractivity contribution in [2.75, 3.05) is 13.2 Å². The van der Waals surface area contributed by atoms with E-state index in [0.717, 1.165) is 11.3 Å². The van der Waals surface area contributed by atoms with Crippen molar-refractivity contribution in [2.45, 2.75) is 13.3 Å². The fourth-order valence-corrected chi connectivity index (χ4v) is 1.84. The van der Waals surface area contributed by atoms with Gasteiger partial charge in [-0.1, -0.05) is 12.1 Å². The minimum absolute atomic E-state index is 0.00857. The van der Waals surface area contributed by atoms with Crippen molar-refractivity contribution in [1.82, 2.24) is 0 Å². The first-order valence-electron chi connectivity index (χ1n) is 6.79. The van der Waals surface area contributed by atoms with Crippen LogP contribution in [0, 0.1) is 5.82 Å². The lowest BCUT2D eigenvalue weighted by Gasteiger charge is -2.07. The fraction of sp³-hybridized carbons (Fsp3) is 0.235. The predicted molar refractivity (Wildman–Crippen MR) is 78.2 cm³/mol. The lowest BCUT2D eigenvalue weighted by atomic mass is 10.1. The van der Waals surface area contributed by atoms with Crippen LogP contribution in [0.25, 0.3) is 0 Å². The summed E-state index contributed by atoms with van der Waals surface area (Å²) in [6.07, 6.45) is 0.233. The van der Waals surface area contributed by atoms with Crippen LogP contribution in [-0.2, 0) is 11.2 Å². The van der Waals surface area contributed by atoms with Crippen LogP contribution in [-0.4, -0.2) is 19.0 Å². The van der Waals surface area contributed by atoms with Crippen LogP contribution in [0.15, 0.2) is 48.5 Å². The van der Waals surface area contributed by atoms with E-state index in [1.165, 1.54) is 12.1 Å².